The van der Waals surface area contributed by atoms with Crippen LogP contribution in [0.5, 0.6) is 5.75 Å². The van der Waals surface area contributed by atoms with E-state index in [-0.39, 0.29) is 11.9 Å². The summed E-state index contributed by atoms with van der Waals surface area (Å²) in [5.74, 6) is 1.62. The maximum absolute atomic E-state index is 11.7. The number of benzene rings is 2. The number of piperidine rings is 1. The Hall–Kier alpha value is -2.73. The highest BCUT2D eigenvalue weighted by molar-refractivity contribution is 6.32. The number of carbonyl (C=O) groups excluding carboxylic acids is 1. The van der Waals surface area contributed by atoms with Crippen LogP contribution in [-0.4, -0.2) is 42.9 Å². The lowest BCUT2D eigenvalue weighted by Gasteiger charge is -2.31. The molecule has 0 spiro atoms. The lowest BCUT2D eigenvalue weighted by Crippen LogP contribution is -2.51. The molecule has 2 aromatic rings. The zero-order valence-electron chi connectivity index (χ0n) is 17.5. The van der Waals surface area contributed by atoms with E-state index in [0.29, 0.717) is 36.9 Å². The molecule has 1 atom stereocenters. The quantitative estimate of drug-likeness (QED) is 0.522. The number of para-hydroxylation sites is 1. The Morgan fingerprint density at radius 2 is 1.93 bits per heavy atom. The first-order chi connectivity index (χ1) is 14.6. The van der Waals surface area contributed by atoms with Crippen LogP contribution in [-0.2, 0) is 17.9 Å². The Kier molecular flexibility index (Phi) is 7.97. The van der Waals surface area contributed by atoms with E-state index in [0.717, 1.165) is 30.1 Å². The maximum Gasteiger partial charge on any atom is 0.222 e. The third-order valence-corrected chi connectivity index (χ3v) is 5.37. The molecular formula is C23H29ClN4O2. The first-order valence-corrected chi connectivity index (χ1v) is 10.7. The smallest absolute Gasteiger partial charge is 0.222 e. The van der Waals surface area contributed by atoms with Crippen LogP contribution in [0.4, 0.5) is 0 Å². The highest BCUT2D eigenvalue weighted by Crippen LogP contribution is 2.24. The van der Waals surface area contributed by atoms with E-state index in [1.165, 1.54) is 0 Å². The summed E-state index contributed by atoms with van der Waals surface area (Å²) in [7, 11) is 1.84. The molecule has 1 aliphatic rings. The zero-order chi connectivity index (χ0) is 21.3. The molecule has 1 aliphatic heterocycles. The Labute approximate surface area is 183 Å². The van der Waals surface area contributed by atoms with Crippen molar-refractivity contribution in [1.82, 2.24) is 15.5 Å². The Morgan fingerprint density at radius 1 is 1.20 bits per heavy atom. The minimum Gasteiger partial charge on any atom is -0.487 e. The van der Waals surface area contributed by atoms with Gasteiger partial charge in [-0.2, -0.15) is 0 Å². The largest absolute Gasteiger partial charge is 0.487 e. The van der Waals surface area contributed by atoms with Gasteiger partial charge in [0.15, 0.2) is 5.96 Å². The van der Waals surface area contributed by atoms with E-state index < -0.39 is 0 Å². The first-order valence-electron chi connectivity index (χ1n) is 10.3. The highest BCUT2D eigenvalue weighted by atomic mass is 35.5. The Balaban J connectivity index is 1.65. The Bertz CT molecular complexity index is 887. The number of hydrogen-bond acceptors (Lipinski definition) is 3. The average Bonchev–Trinajstić information content (AvgIpc) is 2.75. The van der Waals surface area contributed by atoms with Gasteiger partial charge in [0.2, 0.25) is 5.91 Å². The maximum atomic E-state index is 11.7. The standard InChI is InChI=1S/C23H29ClN4O2/c1-3-25-23(27-19-12-13-22(29)28(2)15-19)26-14-17-8-4-5-9-18(17)16-30-21-11-7-6-10-20(21)24/h4-11,19H,3,12-16H2,1-2H3,(H2,25,26,27). The van der Waals surface area contributed by atoms with Crippen molar-refractivity contribution >= 4 is 23.5 Å². The van der Waals surface area contributed by atoms with Gasteiger partial charge in [0.05, 0.1) is 11.6 Å². The van der Waals surface area contributed by atoms with E-state index in [1.54, 1.807) is 4.90 Å². The van der Waals surface area contributed by atoms with E-state index in [2.05, 4.69) is 16.7 Å². The van der Waals surface area contributed by atoms with Crippen molar-refractivity contribution in [2.75, 3.05) is 20.1 Å². The predicted molar refractivity (Wildman–Crippen MR) is 121 cm³/mol. The third kappa shape index (κ3) is 6.13. The van der Waals surface area contributed by atoms with Crippen LogP contribution in [0.25, 0.3) is 0 Å². The Morgan fingerprint density at radius 3 is 2.67 bits per heavy atom. The van der Waals surface area contributed by atoms with Crippen molar-refractivity contribution in [1.29, 1.82) is 0 Å². The number of guanidine groups is 1. The second kappa shape index (κ2) is 10.9. The van der Waals surface area contributed by atoms with Crippen LogP contribution in [0, 0.1) is 0 Å². The lowest BCUT2D eigenvalue weighted by molar-refractivity contribution is -0.132. The van der Waals surface area contributed by atoms with Gasteiger partial charge in [-0.25, -0.2) is 4.99 Å². The molecule has 1 unspecified atom stereocenters. The number of amides is 1. The number of ether oxygens (including phenoxy) is 1. The molecule has 30 heavy (non-hydrogen) atoms. The normalized spacial score (nSPS) is 17.0. The molecule has 7 heteroatoms. The second-order valence-corrected chi connectivity index (χ2v) is 7.74. The fraction of sp³-hybridized carbons (Fsp3) is 0.391. The summed E-state index contributed by atoms with van der Waals surface area (Å²) in [5, 5.41) is 7.36. The van der Waals surface area contributed by atoms with Gasteiger partial charge in [-0.3, -0.25) is 4.79 Å². The van der Waals surface area contributed by atoms with Gasteiger partial charge < -0.3 is 20.3 Å². The summed E-state index contributed by atoms with van der Waals surface area (Å²) >= 11 is 6.19. The van der Waals surface area contributed by atoms with Crippen molar-refractivity contribution in [2.45, 2.75) is 39.0 Å². The number of nitrogens with one attached hydrogen (secondary N) is 2. The fourth-order valence-corrected chi connectivity index (χ4v) is 3.57. The number of nitrogens with zero attached hydrogens (tertiary/aromatic N) is 2. The minimum atomic E-state index is 0.197. The van der Waals surface area contributed by atoms with Crippen molar-refractivity contribution < 1.29 is 9.53 Å². The molecule has 1 fully saturated rings. The molecule has 1 amide bonds. The van der Waals surface area contributed by atoms with Gasteiger partial charge in [0.25, 0.3) is 0 Å². The van der Waals surface area contributed by atoms with E-state index in [9.17, 15) is 4.79 Å². The van der Waals surface area contributed by atoms with Crippen molar-refractivity contribution in [3.63, 3.8) is 0 Å². The predicted octanol–water partition coefficient (Wildman–Crippen LogP) is 3.59. The number of halogens is 1. The zero-order valence-corrected chi connectivity index (χ0v) is 18.3. The van der Waals surface area contributed by atoms with Gasteiger partial charge in [-0.1, -0.05) is 48.0 Å². The number of rotatable bonds is 7. The minimum absolute atomic E-state index is 0.197. The van der Waals surface area contributed by atoms with E-state index >= 15 is 0 Å². The van der Waals surface area contributed by atoms with Crippen LogP contribution in [0.3, 0.4) is 0 Å². The molecule has 160 valence electrons. The summed E-state index contributed by atoms with van der Waals surface area (Å²) in [5.41, 5.74) is 2.16. The van der Waals surface area contributed by atoms with Gasteiger partial charge in [0, 0.05) is 32.6 Å². The summed E-state index contributed by atoms with van der Waals surface area (Å²) in [6.45, 7) is 4.45. The summed E-state index contributed by atoms with van der Waals surface area (Å²) < 4.78 is 5.91. The molecule has 2 N–H and O–H groups in total. The number of hydrogen-bond donors (Lipinski definition) is 2. The van der Waals surface area contributed by atoms with Crippen LogP contribution in [0.2, 0.25) is 5.02 Å². The number of carbonyl (C=O) groups is 1. The molecule has 0 aromatic heterocycles. The molecule has 1 heterocycles. The van der Waals surface area contributed by atoms with E-state index in [1.807, 2.05) is 56.4 Å². The fourth-order valence-electron chi connectivity index (χ4n) is 3.38. The summed E-state index contributed by atoms with van der Waals surface area (Å²) in [6, 6.07) is 15.8. The highest BCUT2D eigenvalue weighted by Gasteiger charge is 2.23. The second-order valence-electron chi connectivity index (χ2n) is 7.34. The van der Waals surface area contributed by atoms with Gasteiger partial charge >= 0.3 is 0 Å². The molecule has 0 bridgehead atoms. The summed E-state index contributed by atoms with van der Waals surface area (Å²) in [6.07, 6.45) is 1.38. The molecule has 3 rings (SSSR count). The van der Waals surface area contributed by atoms with Gasteiger partial charge in [-0.15, -0.1) is 0 Å². The van der Waals surface area contributed by atoms with Crippen LogP contribution < -0.4 is 15.4 Å². The summed E-state index contributed by atoms with van der Waals surface area (Å²) in [4.78, 5) is 18.3. The van der Waals surface area contributed by atoms with Crippen LogP contribution in [0.1, 0.15) is 30.9 Å². The van der Waals surface area contributed by atoms with Gasteiger partial charge in [-0.05, 0) is 36.6 Å². The molecule has 0 radical (unpaired) electrons. The third-order valence-electron chi connectivity index (χ3n) is 5.06. The average molecular weight is 429 g/mol. The lowest BCUT2D eigenvalue weighted by atomic mass is 10.1. The topological polar surface area (TPSA) is 66.0 Å². The monoisotopic (exact) mass is 428 g/mol. The molecule has 0 aliphatic carbocycles. The van der Waals surface area contributed by atoms with Crippen molar-refractivity contribution in [2.24, 2.45) is 4.99 Å². The molecular weight excluding hydrogens is 400 g/mol. The van der Waals surface area contributed by atoms with Crippen LogP contribution >= 0.6 is 11.6 Å². The van der Waals surface area contributed by atoms with Gasteiger partial charge in [0.1, 0.15) is 12.4 Å². The van der Waals surface area contributed by atoms with Crippen molar-refractivity contribution in [3.8, 4) is 5.75 Å². The molecule has 0 saturated carbocycles. The van der Waals surface area contributed by atoms with Crippen LogP contribution in [0.15, 0.2) is 53.5 Å². The molecule has 6 nitrogen and oxygen atoms in total. The SMILES string of the molecule is CCNC(=NCc1ccccc1COc1ccccc1Cl)NC1CCC(=O)N(C)C1. The number of likely N-dealkylation sites (N-methyl/N-ethyl adjacent to an activating group) is 1. The first kappa shape index (κ1) is 22.0. The van der Waals surface area contributed by atoms with E-state index in [4.69, 9.17) is 21.3 Å². The van der Waals surface area contributed by atoms with Crippen molar-refractivity contribution in [3.05, 3.63) is 64.7 Å². The molecule has 1 saturated heterocycles. The molecule has 2 aromatic carbocycles. The number of aliphatic imine (C=N–C) groups is 1. The number of likely N-dealkylation sites (tertiary alicyclic amines) is 1.